The molecule has 108 valence electrons. The van der Waals surface area contributed by atoms with Gasteiger partial charge in [-0.15, -0.1) is 23.7 Å². The number of benzene rings is 2. The topological polar surface area (TPSA) is 28.8 Å². The first-order valence-corrected chi connectivity index (χ1v) is 7.11. The molecule has 2 aromatic carbocycles. The molecule has 0 bridgehead atoms. The first-order valence-electron chi connectivity index (χ1n) is 6.23. The average molecular weight is 321 g/mol. The first-order chi connectivity index (χ1) is 9.65. The fourth-order valence-electron chi connectivity index (χ4n) is 2.09. The maximum atomic E-state index is 13.0. The van der Waals surface area contributed by atoms with Gasteiger partial charge in [0, 0.05) is 11.1 Å². The second kappa shape index (κ2) is 6.24. The van der Waals surface area contributed by atoms with Crippen LogP contribution >= 0.6 is 23.7 Å². The summed E-state index contributed by atoms with van der Waals surface area (Å²) in [5.74, 6) is -0.270. The second-order valence-corrected chi connectivity index (χ2v) is 5.46. The summed E-state index contributed by atoms with van der Waals surface area (Å²) in [5.41, 5.74) is 4.00. The number of nitrogens with zero attached hydrogens (tertiary/aromatic N) is 1. The van der Waals surface area contributed by atoms with Crippen LogP contribution in [0.5, 0.6) is 0 Å². The van der Waals surface area contributed by atoms with Crippen LogP contribution in [-0.2, 0) is 0 Å². The summed E-state index contributed by atoms with van der Waals surface area (Å²) in [4.78, 5) is 0.423. The third-order valence-electron chi connectivity index (χ3n) is 3.16. The van der Waals surface area contributed by atoms with Crippen LogP contribution in [0, 0.1) is 18.2 Å². The number of hydrogen-bond acceptors (Lipinski definition) is 2. The molecular weight excluding hydrogens is 307 g/mol. The van der Waals surface area contributed by atoms with E-state index >= 15 is 0 Å². The van der Waals surface area contributed by atoms with Crippen LogP contribution in [0.3, 0.4) is 0 Å². The molecule has 0 fully saturated rings. The van der Waals surface area contributed by atoms with Crippen molar-refractivity contribution in [1.29, 1.82) is 5.41 Å². The Hall–Kier alpha value is -1.91. The van der Waals surface area contributed by atoms with Crippen molar-refractivity contribution in [2.24, 2.45) is 0 Å². The van der Waals surface area contributed by atoms with E-state index in [4.69, 9.17) is 5.41 Å². The highest BCUT2D eigenvalue weighted by atomic mass is 35.5. The molecule has 0 aliphatic rings. The predicted molar refractivity (Wildman–Crippen MR) is 86.9 cm³/mol. The van der Waals surface area contributed by atoms with E-state index < -0.39 is 0 Å². The molecule has 0 unspecified atom stereocenters. The number of halogens is 2. The van der Waals surface area contributed by atoms with Crippen LogP contribution in [0.1, 0.15) is 5.56 Å². The Morgan fingerprint density at radius 2 is 1.62 bits per heavy atom. The lowest BCUT2D eigenvalue weighted by Gasteiger charge is -2.09. The Bertz CT molecular complexity index is 788. The minimum atomic E-state index is -0.270. The minimum Gasteiger partial charge on any atom is -0.286 e. The van der Waals surface area contributed by atoms with Crippen LogP contribution in [0.4, 0.5) is 4.39 Å². The minimum absolute atomic E-state index is 0. The van der Waals surface area contributed by atoms with Crippen LogP contribution in [0.2, 0.25) is 0 Å². The van der Waals surface area contributed by atoms with E-state index in [1.165, 1.54) is 29.0 Å². The van der Waals surface area contributed by atoms with E-state index in [0.29, 0.717) is 4.80 Å². The number of aryl methyl sites for hydroxylation is 1. The average Bonchev–Trinajstić information content (AvgIpc) is 2.83. The molecule has 1 aromatic heterocycles. The van der Waals surface area contributed by atoms with E-state index in [2.05, 4.69) is 0 Å². The van der Waals surface area contributed by atoms with Gasteiger partial charge >= 0.3 is 0 Å². The lowest BCUT2D eigenvalue weighted by Crippen LogP contribution is -2.12. The largest absolute Gasteiger partial charge is 0.286 e. The van der Waals surface area contributed by atoms with E-state index in [1.54, 1.807) is 12.1 Å². The summed E-state index contributed by atoms with van der Waals surface area (Å²) >= 11 is 1.36. The molecule has 5 heteroatoms. The zero-order valence-electron chi connectivity index (χ0n) is 11.3. The van der Waals surface area contributed by atoms with Crippen LogP contribution < -0.4 is 4.80 Å². The van der Waals surface area contributed by atoms with Crippen molar-refractivity contribution in [3.8, 4) is 16.9 Å². The zero-order chi connectivity index (χ0) is 14.1. The van der Waals surface area contributed by atoms with Crippen molar-refractivity contribution >= 4 is 23.7 Å². The highest BCUT2D eigenvalue weighted by Crippen LogP contribution is 2.23. The molecule has 21 heavy (non-hydrogen) atoms. The monoisotopic (exact) mass is 320 g/mol. The van der Waals surface area contributed by atoms with Gasteiger partial charge in [0.15, 0.2) is 4.80 Å². The van der Waals surface area contributed by atoms with Gasteiger partial charge in [0.05, 0.1) is 5.69 Å². The standard InChI is InChI=1S/C16H13FN2S.ClH/c1-11-2-4-12(5-3-11)15-10-20-16(18)19(15)14-8-6-13(17)7-9-14;/h2-10,18H,1H3;1H. The van der Waals surface area contributed by atoms with Gasteiger partial charge in [-0.25, -0.2) is 4.39 Å². The number of hydrogen-bond donors (Lipinski definition) is 1. The molecule has 0 atom stereocenters. The zero-order valence-corrected chi connectivity index (χ0v) is 13.0. The Labute approximate surface area is 132 Å². The first kappa shape index (κ1) is 15.5. The van der Waals surface area contributed by atoms with Crippen molar-refractivity contribution in [2.45, 2.75) is 6.92 Å². The van der Waals surface area contributed by atoms with Crippen LogP contribution in [0.15, 0.2) is 53.9 Å². The van der Waals surface area contributed by atoms with Gasteiger partial charge in [-0.1, -0.05) is 29.8 Å². The van der Waals surface area contributed by atoms with Crippen molar-refractivity contribution in [3.63, 3.8) is 0 Å². The summed E-state index contributed by atoms with van der Waals surface area (Å²) in [5, 5.41) is 10.0. The second-order valence-electron chi connectivity index (χ2n) is 4.60. The maximum absolute atomic E-state index is 13.0. The van der Waals surface area contributed by atoms with Gasteiger partial charge in [-0.3, -0.25) is 9.98 Å². The van der Waals surface area contributed by atoms with Crippen LogP contribution in [0.25, 0.3) is 16.9 Å². The van der Waals surface area contributed by atoms with E-state index in [1.807, 2.05) is 41.1 Å². The lowest BCUT2D eigenvalue weighted by atomic mass is 10.1. The van der Waals surface area contributed by atoms with Crippen LogP contribution in [-0.4, -0.2) is 4.57 Å². The normalized spacial score (nSPS) is 10.2. The van der Waals surface area contributed by atoms with Gasteiger partial charge in [-0.2, -0.15) is 0 Å². The SMILES string of the molecule is Cc1ccc(-c2csc(=N)n2-c2ccc(F)cc2)cc1.Cl. The highest BCUT2D eigenvalue weighted by molar-refractivity contribution is 7.07. The fraction of sp³-hybridized carbons (Fsp3) is 0.0625. The summed E-state index contributed by atoms with van der Waals surface area (Å²) in [6.45, 7) is 2.04. The van der Waals surface area contributed by atoms with E-state index in [-0.39, 0.29) is 18.2 Å². The Morgan fingerprint density at radius 1 is 1.00 bits per heavy atom. The summed E-state index contributed by atoms with van der Waals surface area (Å²) in [6.07, 6.45) is 0. The summed E-state index contributed by atoms with van der Waals surface area (Å²) in [6, 6.07) is 14.4. The van der Waals surface area contributed by atoms with Crippen molar-refractivity contribution in [3.05, 3.63) is 70.1 Å². The molecule has 0 aliphatic carbocycles. The number of nitrogens with one attached hydrogen (secondary N) is 1. The smallest absolute Gasteiger partial charge is 0.187 e. The highest BCUT2D eigenvalue weighted by Gasteiger charge is 2.09. The van der Waals surface area contributed by atoms with Gasteiger partial charge in [0.1, 0.15) is 5.82 Å². The molecule has 1 heterocycles. The van der Waals surface area contributed by atoms with Gasteiger partial charge in [0.2, 0.25) is 0 Å². The quantitative estimate of drug-likeness (QED) is 0.717. The van der Waals surface area contributed by atoms with Gasteiger partial charge in [0.25, 0.3) is 0 Å². The number of thiazole rings is 1. The maximum Gasteiger partial charge on any atom is 0.187 e. The molecule has 0 saturated carbocycles. The molecular formula is C16H14ClFN2S. The summed E-state index contributed by atoms with van der Waals surface area (Å²) < 4.78 is 14.9. The molecule has 0 aliphatic heterocycles. The molecule has 0 spiro atoms. The molecule has 0 radical (unpaired) electrons. The molecule has 2 nitrogen and oxygen atoms in total. The third kappa shape index (κ3) is 3.06. The Morgan fingerprint density at radius 3 is 2.24 bits per heavy atom. The third-order valence-corrected chi connectivity index (χ3v) is 3.91. The summed E-state index contributed by atoms with van der Waals surface area (Å²) in [7, 11) is 0. The van der Waals surface area contributed by atoms with Gasteiger partial charge < -0.3 is 0 Å². The van der Waals surface area contributed by atoms with Crippen molar-refractivity contribution in [1.82, 2.24) is 4.57 Å². The van der Waals surface area contributed by atoms with Crippen molar-refractivity contribution < 1.29 is 4.39 Å². The van der Waals surface area contributed by atoms with E-state index in [9.17, 15) is 4.39 Å². The molecule has 0 amide bonds. The lowest BCUT2D eigenvalue weighted by molar-refractivity contribution is 0.627. The number of rotatable bonds is 2. The van der Waals surface area contributed by atoms with Crippen molar-refractivity contribution in [2.75, 3.05) is 0 Å². The molecule has 1 N–H and O–H groups in total. The molecule has 3 rings (SSSR count). The Kier molecular flexibility index (Phi) is 4.60. The Balaban J connectivity index is 0.00000161. The van der Waals surface area contributed by atoms with Gasteiger partial charge in [-0.05, 0) is 36.8 Å². The molecule has 0 saturated heterocycles. The molecule has 3 aromatic rings. The van der Waals surface area contributed by atoms with E-state index in [0.717, 1.165) is 16.9 Å². The number of aromatic nitrogens is 1. The predicted octanol–water partition coefficient (Wildman–Crippen LogP) is 4.55. The fourth-order valence-corrected chi connectivity index (χ4v) is 2.87.